The minimum atomic E-state index is 0.878. The number of nitrogens with zero attached hydrogens (tertiary/aromatic N) is 6. The normalized spacial score (nSPS) is 11.6. The van der Waals surface area contributed by atoms with Crippen LogP contribution in [0.1, 0.15) is 0 Å². The zero-order valence-corrected chi connectivity index (χ0v) is 74.8. The molecule has 0 atom stereocenters. The summed E-state index contributed by atoms with van der Waals surface area (Å²) in [5.41, 5.74) is 35.9. The number of para-hydroxylation sites is 10. The molecule has 19 aromatic carbocycles. The van der Waals surface area contributed by atoms with E-state index >= 15 is 0 Å². The maximum atomic E-state index is 6.32. The number of benzene rings is 19. The Hall–Kier alpha value is -18.6. The SMILES string of the molecule is c1ccc(-c2cc(-c3ccc4oc5ccccc5c4c3)cc(-c3cccc4c5ccccc5n(-c5ccccc5)c34)n2)cc1.c1ccc(-c2cccc(-c3cc(-c4ccc5c(c4)oc4ccccc45)cc(-n4c5ccccc5c5ccccc54)n3)c2)cc1.c1ccc(-c2cccc(-c3cc(-c4cccc5oc6ccccc6c45)cc(-c4ccc5c6ccccc6n(-c6ccccc6)c5c4)n3)c2)cc1. The third kappa shape index (κ3) is 14.3. The molecule has 0 saturated heterocycles. The molecule has 0 unspecified atom stereocenters. The predicted octanol–water partition coefficient (Wildman–Crippen LogP) is 34.9. The number of hydrogen-bond acceptors (Lipinski definition) is 6. The fourth-order valence-corrected chi connectivity index (χ4v) is 20.5. The van der Waals surface area contributed by atoms with Crippen molar-refractivity contribution < 1.29 is 13.3 Å². The largest absolute Gasteiger partial charge is 0.456 e. The molecule has 0 amide bonds. The van der Waals surface area contributed by atoms with E-state index in [1.165, 1.54) is 54.5 Å². The molecule has 28 aromatic rings. The molecule has 0 bridgehead atoms. The Morgan fingerprint density at radius 1 is 0.152 bits per heavy atom. The maximum Gasteiger partial charge on any atom is 0.138 e. The number of pyridine rings is 3. The molecule has 0 N–H and O–H groups in total. The van der Waals surface area contributed by atoms with Crippen molar-refractivity contribution in [1.29, 1.82) is 0 Å². The molecule has 138 heavy (non-hydrogen) atoms. The van der Waals surface area contributed by atoms with E-state index < -0.39 is 0 Å². The van der Waals surface area contributed by atoms with Crippen LogP contribution in [0.3, 0.4) is 0 Å². The van der Waals surface area contributed by atoms with Gasteiger partial charge in [-0.15, -0.1) is 0 Å². The number of hydrogen-bond donors (Lipinski definition) is 0. The Morgan fingerprint density at radius 3 is 1.12 bits per heavy atom. The van der Waals surface area contributed by atoms with Crippen LogP contribution in [0.4, 0.5) is 0 Å². The summed E-state index contributed by atoms with van der Waals surface area (Å²) < 4.78 is 25.8. The zero-order chi connectivity index (χ0) is 91.1. The van der Waals surface area contributed by atoms with Crippen molar-refractivity contribution in [3.63, 3.8) is 0 Å². The van der Waals surface area contributed by atoms with Crippen molar-refractivity contribution in [2.75, 3.05) is 0 Å². The van der Waals surface area contributed by atoms with Gasteiger partial charge in [-0.3, -0.25) is 4.57 Å². The van der Waals surface area contributed by atoms with Crippen LogP contribution in [-0.2, 0) is 0 Å². The van der Waals surface area contributed by atoms with Crippen molar-refractivity contribution in [1.82, 2.24) is 28.7 Å². The van der Waals surface area contributed by atoms with E-state index in [-0.39, 0.29) is 0 Å². The molecule has 646 valence electrons. The molecule has 0 aliphatic rings. The van der Waals surface area contributed by atoms with Crippen LogP contribution in [0.15, 0.2) is 511 Å². The molecule has 9 aromatic heterocycles. The van der Waals surface area contributed by atoms with E-state index in [9.17, 15) is 0 Å². The van der Waals surface area contributed by atoms with Crippen molar-refractivity contribution in [3.8, 4) is 129 Å². The Bertz CT molecular complexity index is 9550. The van der Waals surface area contributed by atoms with E-state index in [2.05, 4.69) is 469 Å². The molecule has 9 heterocycles. The van der Waals surface area contributed by atoms with Gasteiger partial charge in [0, 0.05) is 104 Å². The minimum Gasteiger partial charge on any atom is -0.456 e. The lowest BCUT2D eigenvalue weighted by molar-refractivity contribution is 0.668. The highest BCUT2D eigenvalue weighted by atomic mass is 16.3. The maximum absolute atomic E-state index is 6.32. The Balaban J connectivity index is 0.000000107. The molecule has 0 fully saturated rings. The highest BCUT2D eigenvalue weighted by Gasteiger charge is 2.25. The lowest BCUT2D eigenvalue weighted by Crippen LogP contribution is -2.00. The molecule has 9 nitrogen and oxygen atoms in total. The van der Waals surface area contributed by atoms with Crippen molar-refractivity contribution >= 4 is 131 Å². The minimum absolute atomic E-state index is 0.878. The zero-order valence-electron chi connectivity index (χ0n) is 74.8. The standard InChI is InChI=1S/C47H30N2O.2C41H26N2O/c1-3-13-31(14-4-1)32-15-11-16-33(27-32)41-28-35(37-21-12-24-46-47(37)40-20-8-10-23-45(40)50-46)29-42(48-41)34-25-26-39-38-19-7-9-22-43(38)49(44(39)30-34)36-17-5-2-6-18-36;1-3-12-27(13-4-1)36-25-29(28-22-23-40-35(24-28)32-17-8-10-21-39(32)44-40)26-37(42-36)34-19-11-18-33-31-16-7-9-20-38(31)43(41(33)34)30-14-5-2-6-15-30;1-2-11-27(12-3-1)28-13-10-14-30(23-28)36-24-31(29-21-22-35-34-17-6-9-20-39(34)44-40(35)25-29)26-41(42-36)43-37-18-7-4-15-32(37)33-16-5-8-19-38(33)43/h1-30H;2*1-26H. The quantitative estimate of drug-likeness (QED) is 0.114. The van der Waals surface area contributed by atoms with Crippen molar-refractivity contribution in [2.45, 2.75) is 0 Å². The Kier molecular flexibility index (Phi) is 19.7. The predicted molar refractivity (Wildman–Crippen MR) is 572 cm³/mol. The van der Waals surface area contributed by atoms with Crippen LogP contribution in [0.25, 0.3) is 260 Å². The van der Waals surface area contributed by atoms with Gasteiger partial charge in [0.25, 0.3) is 0 Å². The first kappa shape index (κ1) is 80.3. The lowest BCUT2D eigenvalue weighted by atomic mass is 9.95. The topological polar surface area (TPSA) is 92.9 Å². The van der Waals surface area contributed by atoms with Gasteiger partial charge in [-0.25, -0.2) is 15.0 Å². The number of fused-ring (bicyclic) bond motifs is 18. The van der Waals surface area contributed by atoms with Crippen LogP contribution >= 0.6 is 0 Å². The number of furan rings is 3. The summed E-state index contributed by atoms with van der Waals surface area (Å²) in [4.78, 5) is 16.1. The van der Waals surface area contributed by atoms with Crippen LogP contribution in [-0.4, -0.2) is 28.7 Å². The summed E-state index contributed by atoms with van der Waals surface area (Å²) in [6.07, 6.45) is 0. The van der Waals surface area contributed by atoms with E-state index in [1.807, 2.05) is 42.5 Å². The molecule has 9 heteroatoms. The number of aromatic nitrogens is 6. The van der Waals surface area contributed by atoms with E-state index in [0.29, 0.717) is 0 Å². The molecular weight excluding hydrogens is 1680 g/mol. The van der Waals surface area contributed by atoms with Gasteiger partial charge in [-0.05, 0) is 207 Å². The smallest absolute Gasteiger partial charge is 0.138 e. The monoisotopic (exact) mass is 1760 g/mol. The molecule has 0 radical (unpaired) electrons. The van der Waals surface area contributed by atoms with Crippen LogP contribution in [0, 0.1) is 0 Å². The van der Waals surface area contributed by atoms with E-state index in [1.54, 1.807) is 0 Å². The molecule has 0 spiro atoms. The fourth-order valence-electron chi connectivity index (χ4n) is 20.5. The van der Waals surface area contributed by atoms with Crippen LogP contribution < -0.4 is 0 Å². The second kappa shape index (κ2) is 33.9. The van der Waals surface area contributed by atoms with Gasteiger partial charge in [0.15, 0.2) is 0 Å². The van der Waals surface area contributed by atoms with Gasteiger partial charge in [-0.1, -0.05) is 346 Å². The summed E-state index contributed by atoms with van der Waals surface area (Å²) >= 11 is 0. The molecule has 28 rings (SSSR count). The average Bonchev–Trinajstić information content (AvgIpc) is 1.55. The Morgan fingerprint density at radius 2 is 0.500 bits per heavy atom. The number of rotatable bonds is 13. The summed E-state index contributed by atoms with van der Waals surface area (Å²) in [5, 5.41) is 14.0. The lowest BCUT2D eigenvalue weighted by Gasteiger charge is -2.14. The molecule has 0 aliphatic carbocycles. The second-order valence-corrected chi connectivity index (χ2v) is 35.2. The molecular formula is C129H82N6O3. The summed E-state index contributed by atoms with van der Waals surface area (Å²) in [5.74, 6) is 0.879. The highest BCUT2D eigenvalue weighted by Crippen LogP contribution is 2.46. The first-order valence-corrected chi connectivity index (χ1v) is 46.7. The van der Waals surface area contributed by atoms with E-state index in [4.69, 9.17) is 28.2 Å². The van der Waals surface area contributed by atoms with Gasteiger partial charge in [-0.2, -0.15) is 0 Å². The van der Waals surface area contributed by atoms with Gasteiger partial charge < -0.3 is 22.4 Å². The molecule has 0 aliphatic heterocycles. The first-order chi connectivity index (χ1) is 68.4. The molecule has 0 saturated carbocycles. The summed E-state index contributed by atoms with van der Waals surface area (Å²) in [6.45, 7) is 0. The average molecular weight is 1760 g/mol. The summed E-state index contributed by atoms with van der Waals surface area (Å²) in [7, 11) is 0. The van der Waals surface area contributed by atoms with Crippen molar-refractivity contribution in [3.05, 3.63) is 497 Å². The van der Waals surface area contributed by atoms with Crippen LogP contribution in [0.5, 0.6) is 0 Å². The van der Waals surface area contributed by atoms with Crippen molar-refractivity contribution in [2.24, 2.45) is 0 Å². The summed E-state index contributed by atoms with van der Waals surface area (Å²) in [6, 6.07) is 175. The first-order valence-electron chi connectivity index (χ1n) is 46.7. The third-order valence-corrected chi connectivity index (χ3v) is 27.0. The third-order valence-electron chi connectivity index (χ3n) is 27.0. The van der Waals surface area contributed by atoms with Gasteiger partial charge in [0.05, 0.1) is 61.6 Å². The highest BCUT2D eigenvalue weighted by molar-refractivity contribution is 6.17. The van der Waals surface area contributed by atoms with Gasteiger partial charge in [0.2, 0.25) is 0 Å². The Labute approximate surface area is 794 Å². The van der Waals surface area contributed by atoms with Gasteiger partial charge in [0.1, 0.15) is 39.3 Å². The second-order valence-electron chi connectivity index (χ2n) is 35.2. The fraction of sp³-hybridized carbons (Fsp3) is 0. The van der Waals surface area contributed by atoms with E-state index in [0.717, 1.165) is 206 Å². The van der Waals surface area contributed by atoms with Crippen LogP contribution in [0.2, 0.25) is 0 Å². The van der Waals surface area contributed by atoms with Gasteiger partial charge >= 0.3 is 0 Å².